The van der Waals surface area contributed by atoms with Gasteiger partial charge in [0.2, 0.25) is 5.91 Å². The van der Waals surface area contributed by atoms with Crippen LogP contribution in [0.25, 0.3) is 11.3 Å². The number of ketones is 1. The molecule has 0 fully saturated rings. The average Bonchev–Trinajstić information content (AvgIpc) is 3.18. The molecule has 0 saturated heterocycles. The van der Waals surface area contributed by atoms with Gasteiger partial charge >= 0.3 is 0 Å². The van der Waals surface area contributed by atoms with Crippen LogP contribution in [0, 0.1) is 33.6 Å². The first-order valence-electron chi connectivity index (χ1n) is 13.8. The molecule has 1 aliphatic carbocycles. The van der Waals surface area contributed by atoms with Gasteiger partial charge in [-0.25, -0.2) is 4.98 Å². The molecule has 200 valence electrons. The lowest BCUT2D eigenvalue weighted by atomic mass is 9.80. The SMILES string of the molecule is Cc1ccc(CC(=O)Nc2nc(-c3ccc4c(c3)CCCC(C(=O)c3ccccc3C)C4C)c(C)s2)cc1C. The minimum absolute atomic E-state index is 0.0154. The van der Waals surface area contributed by atoms with Crippen molar-refractivity contribution in [3.63, 3.8) is 0 Å². The minimum Gasteiger partial charge on any atom is -0.302 e. The van der Waals surface area contributed by atoms with E-state index in [0.717, 1.165) is 52.1 Å². The van der Waals surface area contributed by atoms with E-state index in [9.17, 15) is 9.59 Å². The molecule has 39 heavy (non-hydrogen) atoms. The Labute approximate surface area is 235 Å². The van der Waals surface area contributed by atoms with Gasteiger partial charge in [0.15, 0.2) is 10.9 Å². The maximum atomic E-state index is 13.5. The number of Topliss-reactive ketones (excluding diaryl/α,β-unsaturated/α-hetero) is 1. The molecule has 0 radical (unpaired) electrons. The number of carbonyl (C=O) groups is 2. The third kappa shape index (κ3) is 5.74. The normalized spacial score (nSPS) is 16.8. The Hall–Kier alpha value is -3.57. The van der Waals surface area contributed by atoms with E-state index in [0.29, 0.717) is 11.6 Å². The van der Waals surface area contributed by atoms with Crippen LogP contribution in [-0.2, 0) is 17.6 Å². The molecule has 1 aromatic heterocycles. The van der Waals surface area contributed by atoms with E-state index in [4.69, 9.17) is 4.98 Å². The summed E-state index contributed by atoms with van der Waals surface area (Å²) in [5, 5.41) is 3.63. The van der Waals surface area contributed by atoms with Gasteiger partial charge in [0.1, 0.15) is 0 Å². The van der Waals surface area contributed by atoms with Gasteiger partial charge in [-0.05, 0) is 92.3 Å². The summed E-state index contributed by atoms with van der Waals surface area (Å²) in [6.07, 6.45) is 3.16. The summed E-state index contributed by atoms with van der Waals surface area (Å²) in [6.45, 7) is 10.4. The summed E-state index contributed by atoms with van der Waals surface area (Å²) in [7, 11) is 0. The van der Waals surface area contributed by atoms with Gasteiger partial charge in [0.05, 0.1) is 12.1 Å². The van der Waals surface area contributed by atoms with Crippen molar-refractivity contribution >= 4 is 28.2 Å². The number of amides is 1. The maximum Gasteiger partial charge on any atom is 0.230 e. The third-order valence-corrected chi connectivity index (χ3v) is 9.08. The van der Waals surface area contributed by atoms with Crippen molar-refractivity contribution in [3.8, 4) is 11.3 Å². The highest BCUT2D eigenvalue weighted by molar-refractivity contribution is 7.16. The number of hydrogen-bond donors (Lipinski definition) is 1. The molecule has 0 saturated carbocycles. The summed E-state index contributed by atoms with van der Waals surface area (Å²) in [6, 6.07) is 20.6. The molecule has 3 aromatic carbocycles. The zero-order chi connectivity index (χ0) is 27.7. The number of thiazole rings is 1. The molecule has 5 rings (SSSR count). The Morgan fingerprint density at radius 1 is 0.949 bits per heavy atom. The number of rotatable bonds is 6. The molecule has 4 nitrogen and oxygen atoms in total. The van der Waals surface area contributed by atoms with Crippen LogP contribution < -0.4 is 5.32 Å². The van der Waals surface area contributed by atoms with Crippen LogP contribution in [0.4, 0.5) is 5.13 Å². The molecule has 2 atom stereocenters. The average molecular weight is 537 g/mol. The van der Waals surface area contributed by atoms with Crippen LogP contribution in [0.5, 0.6) is 0 Å². The van der Waals surface area contributed by atoms with Crippen LogP contribution >= 0.6 is 11.3 Å². The van der Waals surface area contributed by atoms with E-state index < -0.39 is 0 Å². The van der Waals surface area contributed by atoms with Crippen molar-refractivity contribution < 1.29 is 9.59 Å². The van der Waals surface area contributed by atoms with E-state index in [1.54, 1.807) is 0 Å². The lowest BCUT2D eigenvalue weighted by Crippen LogP contribution is -2.21. The van der Waals surface area contributed by atoms with Gasteiger partial charge in [0.25, 0.3) is 0 Å². The van der Waals surface area contributed by atoms with Crippen LogP contribution in [-0.4, -0.2) is 16.7 Å². The Balaban J connectivity index is 1.34. The zero-order valence-electron chi connectivity index (χ0n) is 23.4. The largest absolute Gasteiger partial charge is 0.302 e. The first-order valence-corrected chi connectivity index (χ1v) is 14.6. The molecule has 0 aliphatic heterocycles. The lowest BCUT2D eigenvalue weighted by Gasteiger charge is -2.23. The number of nitrogens with zero attached hydrogens (tertiary/aromatic N) is 1. The fourth-order valence-electron chi connectivity index (χ4n) is 5.78. The minimum atomic E-state index is -0.0568. The lowest BCUT2D eigenvalue weighted by molar-refractivity contribution is -0.115. The standard InChI is InChI=1S/C34H36N2O2S/c1-20-13-14-25(17-22(20)3)18-31(37)35-34-36-32(24(5)39-34)27-15-16-29-23(4)30(12-8-10-26(29)19-27)33(38)28-11-7-6-9-21(28)2/h6-7,9,11,13-17,19,23,30H,8,10,12,18H2,1-5H3,(H,35,36,37). The van der Waals surface area contributed by atoms with Gasteiger partial charge in [-0.1, -0.05) is 61.5 Å². The number of nitrogens with one attached hydrogen (secondary N) is 1. The second kappa shape index (κ2) is 11.3. The Morgan fingerprint density at radius 3 is 2.51 bits per heavy atom. The molecule has 1 amide bonds. The number of aryl methyl sites for hydroxylation is 5. The predicted octanol–water partition coefficient (Wildman–Crippen LogP) is 8.16. The van der Waals surface area contributed by atoms with Crippen LogP contribution in [0.1, 0.15) is 74.3 Å². The summed E-state index contributed by atoms with van der Waals surface area (Å²) in [5.41, 5.74) is 9.85. The smallest absolute Gasteiger partial charge is 0.230 e. The molecule has 1 N–H and O–H groups in total. The summed E-state index contributed by atoms with van der Waals surface area (Å²) in [5.74, 6) is 0.339. The summed E-state index contributed by atoms with van der Waals surface area (Å²) < 4.78 is 0. The van der Waals surface area contributed by atoms with E-state index in [1.807, 2.05) is 37.3 Å². The van der Waals surface area contributed by atoms with Gasteiger partial charge in [-0.15, -0.1) is 11.3 Å². The second-order valence-corrected chi connectivity index (χ2v) is 12.2. The van der Waals surface area contributed by atoms with E-state index >= 15 is 0 Å². The molecule has 0 spiro atoms. The van der Waals surface area contributed by atoms with Crippen LogP contribution in [0.3, 0.4) is 0 Å². The van der Waals surface area contributed by atoms with Crippen molar-refractivity contribution in [2.75, 3.05) is 5.32 Å². The van der Waals surface area contributed by atoms with Crippen molar-refractivity contribution in [2.24, 2.45) is 5.92 Å². The number of anilines is 1. The Kier molecular flexibility index (Phi) is 7.81. The monoisotopic (exact) mass is 536 g/mol. The third-order valence-electron chi connectivity index (χ3n) is 8.20. The van der Waals surface area contributed by atoms with Crippen molar-refractivity contribution in [3.05, 3.63) is 104 Å². The van der Waals surface area contributed by atoms with Crippen molar-refractivity contribution in [1.82, 2.24) is 4.98 Å². The van der Waals surface area contributed by atoms with Gasteiger partial charge in [0, 0.05) is 21.9 Å². The summed E-state index contributed by atoms with van der Waals surface area (Å²) in [4.78, 5) is 32.1. The number of benzene rings is 3. The molecule has 2 unspecified atom stereocenters. The van der Waals surface area contributed by atoms with E-state index in [2.05, 4.69) is 63.3 Å². The molecular formula is C34H36N2O2S. The van der Waals surface area contributed by atoms with Crippen molar-refractivity contribution in [2.45, 2.75) is 66.2 Å². The molecule has 0 bridgehead atoms. The van der Waals surface area contributed by atoms with Crippen LogP contribution in [0.15, 0.2) is 60.7 Å². The molecular weight excluding hydrogens is 500 g/mol. The number of aromatic nitrogens is 1. The number of fused-ring (bicyclic) bond motifs is 1. The van der Waals surface area contributed by atoms with E-state index in [-0.39, 0.29) is 23.5 Å². The fourth-order valence-corrected chi connectivity index (χ4v) is 6.63. The second-order valence-electron chi connectivity index (χ2n) is 10.9. The first-order chi connectivity index (χ1) is 18.7. The maximum absolute atomic E-state index is 13.5. The quantitative estimate of drug-likeness (QED) is 0.200. The van der Waals surface area contributed by atoms with Gasteiger partial charge in [-0.2, -0.15) is 0 Å². The van der Waals surface area contributed by atoms with Gasteiger partial charge in [-0.3, -0.25) is 9.59 Å². The zero-order valence-corrected chi connectivity index (χ0v) is 24.2. The predicted molar refractivity (Wildman–Crippen MR) is 161 cm³/mol. The topological polar surface area (TPSA) is 59.1 Å². The number of hydrogen-bond acceptors (Lipinski definition) is 4. The molecule has 1 heterocycles. The first kappa shape index (κ1) is 27.0. The van der Waals surface area contributed by atoms with E-state index in [1.165, 1.54) is 33.6 Å². The highest BCUT2D eigenvalue weighted by Crippen LogP contribution is 2.39. The van der Waals surface area contributed by atoms with Crippen LogP contribution in [0.2, 0.25) is 0 Å². The summed E-state index contributed by atoms with van der Waals surface area (Å²) >= 11 is 1.51. The molecule has 1 aliphatic rings. The Bertz CT molecular complexity index is 1550. The Morgan fingerprint density at radius 2 is 1.74 bits per heavy atom. The fraction of sp³-hybridized carbons (Fsp3) is 0.324. The highest BCUT2D eigenvalue weighted by Gasteiger charge is 2.31. The molecule has 4 aromatic rings. The van der Waals surface area contributed by atoms with Gasteiger partial charge < -0.3 is 5.32 Å². The molecule has 5 heteroatoms. The number of carbonyl (C=O) groups excluding carboxylic acids is 2. The van der Waals surface area contributed by atoms with Crippen molar-refractivity contribution in [1.29, 1.82) is 0 Å². The highest BCUT2D eigenvalue weighted by atomic mass is 32.1.